The fourth-order valence-electron chi connectivity index (χ4n) is 2.53. The first-order chi connectivity index (χ1) is 11.8. The molecule has 0 radical (unpaired) electrons. The molecule has 0 N–H and O–H groups in total. The molecule has 1 aliphatic rings. The first-order valence-electron chi connectivity index (χ1n) is 8.44. The minimum absolute atomic E-state index is 0.299. The Balaban J connectivity index is 1.91. The molecule has 7 heteroatoms. The maximum atomic E-state index is 14.4. The predicted octanol–water partition coefficient (Wildman–Crippen LogP) is 3.62. The van der Waals surface area contributed by atoms with E-state index >= 15 is 0 Å². The van der Waals surface area contributed by atoms with Gasteiger partial charge in [0.25, 0.3) is 0 Å². The summed E-state index contributed by atoms with van der Waals surface area (Å²) >= 11 is 1.69. The molecule has 2 rings (SSSR count). The third-order valence-corrected chi connectivity index (χ3v) is 4.32. The van der Waals surface area contributed by atoms with Crippen LogP contribution in [-0.2, 0) is 4.74 Å². The molecule has 0 atom stereocenters. The minimum Gasteiger partial charge on any atom is -0.493 e. The van der Waals surface area contributed by atoms with Crippen LogP contribution in [0.1, 0.15) is 20.8 Å². The maximum Gasteiger partial charge on any atom is 0.410 e. The summed E-state index contributed by atoms with van der Waals surface area (Å²) < 4.78 is 25.3. The second-order valence-corrected chi connectivity index (χ2v) is 7.89. The average Bonchev–Trinajstić information content (AvgIpc) is 2.54. The van der Waals surface area contributed by atoms with Crippen molar-refractivity contribution in [3.8, 4) is 5.75 Å². The van der Waals surface area contributed by atoms with Crippen LogP contribution in [0.3, 0.4) is 0 Å². The highest BCUT2D eigenvalue weighted by Crippen LogP contribution is 2.25. The van der Waals surface area contributed by atoms with Gasteiger partial charge in [-0.25, -0.2) is 9.18 Å². The summed E-state index contributed by atoms with van der Waals surface area (Å²) in [4.78, 5) is 15.7. The van der Waals surface area contributed by atoms with Crippen molar-refractivity contribution in [1.82, 2.24) is 4.90 Å². The number of hydrogen-bond donors (Lipinski definition) is 0. The van der Waals surface area contributed by atoms with Crippen LogP contribution in [0.2, 0.25) is 0 Å². The normalized spacial score (nSPS) is 15.2. The van der Waals surface area contributed by atoms with E-state index in [1.807, 2.05) is 31.9 Å². The van der Waals surface area contributed by atoms with Gasteiger partial charge in [-0.15, -0.1) is 0 Å². The first-order valence-corrected chi connectivity index (χ1v) is 9.84. The van der Waals surface area contributed by atoms with Crippen molar-refractivity contribution in [2.45, 2.75) is 26.4 Å². The monoisotopic (exact) mass is 370 g/mol. The van der Waals surface area contributed by atoms with Crippen LogP contribution >= 0.6 is 11.8 Å². The van der Waals surface area contributed by atoms with E-state index in [-0.39, 0.29) is 11.9 Å². The molecule has 5 nitrogen and oxygen atoms in total. The Bertz CT molecular complexity index is 584. The topological polar surface area (TPSA) is 42.0 Å². The number of thioether (sulfide) groups is 1. The van der Waals surface area contributed by atoms with Gasteiger partial charge in [-0.2, -0.15) is 11.8 Å². The number of carbonyl (C=O) groups is 1. The number of nitrogens with zero attached hydrogens (tertiary/aromatic N) is 2. The molecule has 0 aliphatic carbocycles. The summed E-state index contributed by atoms with van der Waals surface area (Å²) in [7, 11) is 0. The quantitative estimate of drug-likeness (QED) is 0.741. The Hall–Kier alpha value is -1.63. The number of piperazine rings is 1. The third-order valence-electron chi connectivity index (χ3n) is 3.75. The summed E-state index contributed by atoms with van der Waals surface area (Å²) in [6, 6.07) is 4.96. The number of carbonyl (C=O) groups excluding carboxylic acids is 1. The molecule has 0 aromatic heterocycles. The van der Waals surface area contributed by atoms with Gasteiger partial charge in [-0.1, -0.05) is 0 Å². The Morgan fingerprint density at radius 3 is 2.48 bits per heavy atom. The van der Waals surface area contributed by atoms with E-state index in [9.17, 15) is 9.18 Å². The summed E-state index contributed by atoms with van der Waals surface area (Å²) in [6.07, 6.45) is 1.69. The lowest BCUT2D eigenvalue weighted by Gasteiger charge is -2.36. The molecule has 1 aromatic rings. The van der Waals surface area contributed by atoms with Crippen LogP contribution in [-0.4, -0.2) is 61.4 Å². The number of rotatable bonds is 5. The molecule has 0 spiro atoms. The van der Waals surface area contributed by atoms with Gasteiger partial charge in [0.05, 0.1) is 12.3 Å². The van der Waals surface area contributed by atoms with E-state index in [4.69, 9.17) is 9.47 Å². The maximum absolute atomic E-state index is 14.4. The van der Waals surface area contributed by atoms with Gasteiger partial charge >= 0.3 is 6.09 Å². The highest BCUT2D eigenvalue weighted by Gasteiger charge is 2.26. The number of halogens is 1. The Kier molecular flexibility index (Phi) is 6.81. The molecule has 0 unspecified atom stereocenters. The van der Waals surface area contributed by atoms with Crippen molar-refractivity contribution in [3.05, 3.63) is 24.0 Å². The average molecular weight is 370 g/mol. The molecule has 140 valence electrons. The van der Waals surface area contributed by atoms with Gasteiger partial charge in [0.15, 0.2) is 0 Å². The summed E-state index contributed by atoms with van der Waals surface area (Å²) in [5, 5.41) is 0. The smallest absolute Gasteiger partial charge is 0.410 e. The van der Waals surface area contributed by atoms with Gasteiger partial charge in [0, 0.05) is 38.0 Å². The summed E-state index contributed by atoms with van der Waals surface area (Å²) in [6.45, 7) is 8.28. The van der Waals surface area contributed by atoms with Crippen molar-refractivity contribution in [3.63, 3.8) is 0 Å². The molecule has 1 aliphatic heterocycles. The molecule has 0 bridgehead atoms. The number of hydrogen-bond acceptors (Lipinski definition) is 5. The molecule has 1 fully saturated rings. The van der Waals surface area contributed by atoms with Gasteiger partial charge < -0.3 is 19.3 Å². The zero-order valence-corrected chi connectivity index (χ0v) is 16.2. The van der Waals surface area contributed by atoms with Crippen LogP contribution in [0.5, 0.6) is 5.75 Å². The number of amides is 1. The van der Waals surface area contributed by atoms with E-state index in [1.54, 1.807) is 28.8 Å². The summed E-state index contributed by atoms with van der Waals surface area (Å²) in [5.41, 5.74) is 0.0351. The van der Waals surface area contributed by atoms with E-state index < -0.39 is 5.60 Å². The van der Waals surface area contributed by atoms with Gasteiger partial charge in [0.1, 0.15) is 17.2 Å². The van der Waals surface area contributed by atoms with E-state index in [1.165, 1.54) is 6.07 Å². The minimum atomic E-state index is -0.508. The lowest BCUT2D eigenvalue weighted by molar-refractivity contribution is 0.0240. The van der Waals surface area contributed by atoms with Crippen LogP contribution < -0.4 is 9.64 Å². The second-order valence-electron chi connectivity index (χ2n) is 6.91. The Morgan fingerprint density at radius 1 is 1.24 bits per heavy atom. The van der Waals surface area contributed by atoms with Crippen LogP contribution in [0.4, 0.5) is 14.9 Å². The van der Waals surface area contributed by atoms with Crippen LogP contribution in [0.15, 0.2) is 18.2 Å². The number of ether oxygens (including phenoxy) is 2. The molecular formula is C18H27FN2O3S. The van der Waals surface area contributed by atoms with Crippen LogP contribution in [0, 0.1) is 5.82 Å². The molecule has 1 amide bonds. The molecular weight excluding hydrogens is 343 g/mol. The zero-order chi connectivity index (χ0) is 18.4. The molecule has 1 saturated heterocycles. The second kappa shape index (κ2) is 8.65. The zero-order valence-electron chi connectivity index (χ0n) is 15.4. The number of benzene rings is 1. The molecule has 1 heterocycles. The lowest BCUT2D eigenvalue weighted by Crippen LogP contribution is -2.50. The third kappa shape index (κ3) is 5.99. The number of anilines is 1. The fraction of sp³-hybridized carbons (Fsp3) is 0.611. The highest BCUT2D eigenvalue weighted by molar-refractivity contribution is 7.98. The first kappa shape index (κ1) is 19.7. The van der Waals surface area contributed by atoms with Crippen molar-refractivity contribution in [2.75, 3.05) is 49.7 Å². The Morgan fingerprint density at radius 2 is 1.92 bits per heavy atom. The van der Waals surface area contributed by atoms with E-state index in [0.717, 1.165) is 5.75 Å². The molecule has 25 heavy (non-hydrogen) atoms. The van der Waals surface area contributed by atoms with Gasteiger partial charge in [-0.05, 0) is 39.2 Å². The van der Waals surface area contributed by atoms with E-state index in [2.05, 4.69) is 0 Å². The predicted molar refractivity (Wildman–Crippen MR) is 100 cm³/mol. The van der Waals surface area contributed by atoms with Crippen molar-refractivity contribution < 1.29 is 18.7 Å². The fourth-order valence-corrected chi connectivity index (χ4v) is 2.78. The highest BCUT2D eigenvalue weighted by atomic mass is 32.2. The van der Waals surface area contributed by atoms with E-state index in [0.29, 0.717) is 44.2 Å². The van der Waals surface area contributed by atoms with Crippen molar-refractivity contribution >= 4 is 23.5 Å². The largest absolute Gasteiger partial charge is 0.493 e. The van der Waals surface area contributed by atoms with Gasteiger partial charge in [-0.3, -0.25) is 0 Å². The standard InChI is InChI=1S/C18H27FN2O3S/c1-18(2,3)24-17(22)21-9-7-20(8-10-21)16-6-5-14(13-15(16)19)23-11-12-25-4/h5-6,13H,7-12H2,1-4H3. The SMILES string of the molecule is CSCCOc1ccc(N2CCN(C(=O)OC(C)(C)C)CC2)c(F)c1. The van der Waals surface area contributed by atoms with Gasteiger partial charge in [0.2, 0.25) is 0 Å². The summed E-state index contributed by atoms with van der Waals surface area (Å²) in [5.74, 6) is 1.12. The van der Waals surface area contributed by atoms with Crippen molar-refractivity contribution in [1.29, 1.82) is 0 Å². The van der Waals surface area contributed by atoms with Crippen molar-refractivity contribution in [2.24, 2.45) is 0 Å². The molecule has 0 saturated carbocycles. The molecule has 1 aromatic carbocycles. The van der Waals surface area contributed by atoms with Crippen LogP contribution in [0.25, 0.3) is 0 Å². The lowest BCUT2D eigenvalue weighted by atomic mass is 10.2. The Labute approximate surface area is 153 Å².